The average molecular weight is 248 g/mol. The molecule has 4 heteroatoms. The maximum atomic E-state index is 5.92. The van der Waals surface area contributed by atoms with Gasteiger partial charge < -0.3 is 10.5 Å². The summed E-state index contributed by atoms with van der Waals surface area (Å²) in [5.41, 5.74) is 10.9. The van der Waals surface area contributed by atoms with Gasteiger partial charge in [0.2, 0.25) is 0 Å². The van der Waals surface area contributed by atoms with E-state index < -0.39 is 0 Å². The minimum atomic E-state index is -0.0268. The first kappa shape index (κ1) is 12.1. The number of benzene rings is 1. The lowest BCUT2D eigenvalue weighted by Crippen LogP contribution is -2.08. The van der Waals surface area contributed by atoms with Gasteiger partial charge in [-0.15, -0.1) is 11.3 Å². The Morgan fingerprint density at radius 2 is 2.29 bits per heavy atom. The maximum absolute atomic E-state index is 5.92. The molecule has 0 bridgehead atoms. The van der Waals surface area contributed by atoms with Crippen molar-refractivity contribution in [1.82, 2.24) is 4.98 Å². The second-order valence-electron chi connectivity index (χ2n) is 4.10. The quantitative estimate of drug-likeness (QED) is 0.904. The molecule has 0 unspecified atom stereocenters. The third kappa shape index (κ3) is 3.05. The fourth-order valence-electron chi connectivity index (χ4n) is 1.60. The Morgan fingerprint density at radius 3 is 2.94 bits per heavy atom. The monoisotopic (exact) mass is 248 g/mol. The van der Waals surface area contributed by atoms with Gasteiger partial charge in [-0.1, -0.05) is 12.1 Å². The van der Waals surface area contributed by atoms with Gasteiger partial charge in [0.15, 0.2) is 0 Å². The van der Waals surface area contributed by atoms with E-state index in [1.54, 1.807) is 16.8 Å². The molecule has 0 aliphatic rings. The largest absolute Gasteiger partial charge is 0.487 e. The van der Waals surface area contributed by atoms with Crippen molar-refractivity contribution in [2.75, 3.05) is 0 Å². The van der Waals surface area contributed by atoms with Crippen LogP contribution in [0.2, 0.25) is 0 Å². The highest BCUT2D eigenvalue weighted by Gasteiger charge is 2.08. The summed E-state index contributed by atoms with van der Waals surface area (Å²) in [6.07, 6.45) is 0. The van der Waals surface area contributed by atoms with Crippen molar-refractivity contribution in [2.24, 2.45) is 5.73 Å². The van der Waals surface area contributed by atoms with Gasteiger partial charge in [0, 0.05) is 17.0 Å². The summed E-state index contributed by atoms with van der Waals surface area (Å²) in [6.45, 7) is 4.49. The number of nitrogens with zero attached hydrogens (tertiary/aromatic N) is 1. The van der Waals surface area contributed by atoms with E-state index in [1.165, 1.54) is 5.56 Å². The molecular weight excluding hydrogens is 232 g/mol. The van der Waals surface area contributed by atoms with Crippen molar-refractivity contribution in [1.29, 1.82) is 0 Å². The van der Waals surface area contributed by atoms with E-state index in [9.17, 15) is 0 Å². The molecule has 1 aromatic heterocycles. The Labute approximate surface area is 105 Å². The highest BCUT2D eigenvalue weighted by Crippen LogP contribution is 2.25. The molecule has 2 N–H and O–H groups in total. The summed E-state index contributed by atoms with van der Waals surface area (Å²) in [5.74, 6) is 0.855. The van der Waals surface area contributed by atoms with Crippen molar-refractivity contribution < 1.29 is 4.74 Å². The standard InChI is InChI=1S/C13H16N2OS/c1-9-3-4-12(10(2)14)13(5-9)16-6-11-7-17-8-15-11/h3-5,7-8,10H,6,14H2,1-2H3/t10-/m1/s1. The molecule has 1 atom stereocenters. The van der Waals surface area contributed by atoms with Crippen LogP contribution in [0.5, 0.6) is 5.75 Å². The van der Waals surface area contributed by atoms with E-state index in [1.807, 2.05) is 37.4 Å². The zero-order chi connectivity index (χ0) is 12.3. The molecule has 0 aliphatic heterocycles. The van der Waals surface area contributed by atoms with Gasteiger partial charge >= 0.3 is 0 Å². The predicted octanol–water partition coefficient (Wildman–Crippen LogP) is 3.05. The first-order valence-corrected chi connectivity index (χ1v) is 6.47. The van der Waals surface area contributed by atoms with E-state index in [0.717, 1.165) is 17.0 Å². The molecule has 0 saturated heterocycles. The molecule has 0 fully saturated rings. The van der Waals surface area contributed by atoms with Crippen molar-refractivity contribution in [2.45, 2.75) is 26.5 Å². The number of nitrogens with two attached hydrogens (primary N) is 1. The lowest BCUT2D eigenvalue weighted by Gasteiger charge is -2.14. The third-order valence-corrected chi connectivity index (χ3v) is 3.15. The Morgan fingerprint density at radius 1 is 1.47 bits per heavy atom. The van der Waals surface area contributed by atoms with Gasteiger partial charge in [-0.2, -0.15) is 0 Å². The van der Waals surface area contributed by atoms with Crippen LogP contribution < -0.4 is 10.5 Å². The van der Waals surface area contributed by atoms with Crippen LogP contribution in [0.1, 0.15) is 29.8 Å². The van der Waals surface area contributed by atoms with Crippen LogP contribution in [-0.4, -0.2) is 4.98 Å². The first-order chi connectivity index (χ1) is 8.16. The first-order valence-electron chi connectivity index (χ1n) is 5.53. The summed E-state index contributed by atoms with van der Waals surface area (Å²) < 4.78 is 5.79. The Kier molecular flexibility index (Phi) is 3.76. The summed E-state index contributed by atoms with van der Waals surface area (Å²) in [6, 6.07) is 6.07. The van der Waals surface area contributed by atoms with Gasteiger partial charge in [-0.05, 0) is 25.5 Å². The Hall–Kier alpha value is -1.39. The number of aryl methyl sites for hydroxylation is 1. The topological polar surface area (TPSA) is 48.1 Å². The highest BCUT2D eigenvalue weighted by atomic mass is 32.1. The van der Waals surface area contributed by atoms with Crippen LogP contribution in [0.3, 0.4) is 0 Å². The second kappa shape index (κ2) is 5.29. The normalized spacial score (nSPS) is 12.4. The van der Waals surface area contributed by atoms with Gasteiger partial charge in [-0.3, -0.25) is 0 Å². The van der Waals surface area contributed by atoms with Gasteiger partial charge in [0.05, 0.1) is 11.2 Å². The lowest BCUT2D eigenvalue weighted by atomic mass is 10.1. The predicted molar refractivity (Wildman–Crippen MR) is 70.2 cm³/mol. The van der Waals surface area contributed by atoms with Crippen LogP contribution in [0.25, 0.3) is 0 Å². The molecular formula is C13H16N2OS. The highest BCUT2D eigenvalue weighted by molar-refractivity contribution is 7.07. The molecule has 90 valence electrons. The van der Waals surface area contributed by atoms with Crippen LogP contribution in [0.15, 0.2) is 29.1 Å². The number of aromatic nitrogens is 1. The molecule has 2 rings (SSSR count). The Bertz CT molecular complexity index is 480. The molecule has 0 spiro atoms. The minimum absolute atomic E-state index is 0.0268. The van der Waals surface area contributed by atoms with E-state index in [2.05, 4.69) is 4.98 Å². The second-order valence-corrected chi connectivity index (χ2v) is 4.82. The van der Waals surface area contributed by atoms with E-state index >= 15 is 0 Å². The van der Waals surface area contributed by atoms with Gasteiger partial charge in [0.1, 0.15) is 12.4 Å². The van der Waals surface area contributed by atoms with Gasteiger partial charge in [0.25, 0.3) is 0 Å². The zero-order valence-corrected chi connectivity index (χ0v) is 10.8. The summed E-state index contributed by atoms with van der Waals surface area (Å²) >= 11 is 1.57. The average Bonchev–Trinajstić information content (AvgIpc) is 2.78. The SMILES string of the molecule is Cc1ccc([C@@H](C)N)c(OCc2cscn2)c1. The smallest absolute Gasteiger partial charge is 0.131 e. The van der Waals surface area contributed by atoms with Crippen LogP contribution in [0.4, 0.5) is 0 Å². The van der Waals surface area contributed by atoms with Crippen molar-refractivity contribution in [3.63, 3.8) is 0 Å². The molecule has 17 heavy (non-hydrogen) atoms. The molecule has 0 saturated carbocycles. The van der Waals surface area contributed by atoms with Crippen LogP contribution in [0, 0.1) is 6.92 Å². The van der Waals surface area contributed by atoms with Crippen molar-refractivity contribution in [3.05, 3.63) is 45.9 Å². The molecule has 0 aliphatic carbocycles. The van der Waals surface area contributed by atoms with E-state index in [0.29, 0.717) is 6.61 Å². The molecule has 1 heterocycles. The lowest BCUT2D eigenvalue weighted by molar-refractivity contribution is 0.297. The fraction of sp³-hybridized carbons (Fsp3) is 0.308. The Balaban J connectivity index is 2.16. The van der Waals surface area contributed by atoms with E-state index in [-0.39, 0.29) is 6.04 Å². The summed E-state index contributed by atoms with van der Waals surface area (Å²) in [4.78, 5) is 4.19. The zero-order valence-electron chi connectivity index (χ0n) is 10.0. The molecule has 2 aromatic rings. The van der Waals surface area contributed by atoms with Crippen LogP contribution >= 0.6 is 11.3 Å². The number of hydrogen-bond acceptors (Lipinski definition) is 4. The van der Waals surface area contributed by atoms with Gasteiger partial charge in [-0.25, -0.2) is 4.98 Å². The van der Waals surface area contributed by atoms with Crippen molar-refractivity contribution in [3.8, 4) is 5.75 Å². The summed E-state index contributed by atoms with van der Waals surface area (Å²) in [7, 11) is 0. The maximum Gasteiger partial charge on any atom is 0.131 e. The van der Waals surface area contributed by atoms with Crippen LogP contribution in [-0.2, 0) is 6.61 Å². The third-order valence-electron chi connectivity index (χ3n) is 2.52. The molecule has 3 nitrogen and oxygen atoms in total. The summed E-state index contributed by atoms with van der Waals surface area (Å²) in [5, 5.41) is 1.99. The number of rotatable bonds is 4. The fourth-order valence-corrected chi connectivity index (χ4v) is 2.15. The molecule has 0 amide bonds. The number of thiazole rings is 1. The minimum Gasteiger partial charge on any atom is -0.487 e. The molecule has 0 radical (unpaired) electrons. The van der Waals surface area contributed by atoms with Crippen molar-refractivity contribution >= 4 is 11.3 Å². The number of ether oxygens (including phenoxy) is 1. The molecule has 1 aromatic carbocycles. The van der Waals surface area contributed by atoms with E-state index in [4.69, 9.17) is 10.5 Å². The number of hydrogen-bond donors (Lipinski definition) is 1.